The standard InChI is InChI=1S/C21H30N4.HI/c1-4-23-21(24-15-13-20-12-14-22-16-17(20)2)25-18(3)10-11-19-8-6-5-7-9-19;/h5-9,12,14,16,18H,4,10-11,13,15H2,1-3H3,(H2,23,24,25);1H. The molecule has 0 saturated carbocycles. The highest BCUT2D eigenvalue weighted by atomic mass is 127. The van der Waals surface area contributed by atoms with Gasteiger partial charge in [-0.05, 0) is 62.8 Å². The van der Waals surface area contributed by atoms with Crippen LogP contribution in [-0.2, 0) is 12.8 Å². The quantitative estimate of drug-likeness (QED) is 0.350. The molecule has 26 heavy (non-hydrogen) atoms. The molecule has 0 aliphatic carbocycles. The highest BCUT2D eigenvalue weighted by Gasteiger charge is 2.06. The number of rotatable bonds is 8. The molecule has 0 spiro atoms. The van der Waals surface area contributed by atoms with E-state index in [1.165, 1.54) is 16.7 Å². The van der Waals surface area contributed by atoms with Crippen molar-refractivity contribution in [3.05, 3.63) is 65.5 Å². The third kappa shape index (κ3) is 8.17. The van der Waals surface area contributed by atoms with E-state index >= 15 is 0 Å². The van der Waals surface area contributed by atoms with Gasteiger partial charge >= 0.3 is 0 Å². The summed E-state index contributed by atoms with van der Waals surface area (Å²) < 4.78 is 0. The Kier molecular flexibility index (Phi) is 10.9. The Morgan fingerprint density at radius 2 is 1.92 bits per heavy atom. The van der Waals surface area contributed by atoms with Gasteiger partial charge in [0.2, 0.25) is 0 Å². The van der Waals surface area contributed by atoms with Crippen molar-refractivity contribution in [2.75, 3.05) is 13.1 Å². The molecule has 0 bridgehead atoms. The highest BCUT2D eigenvalue weighted by molar-refractivity contribution is 14.0. The van der Waals surface area contributed by atoms with E-state index in [0.717, 1.165) is 38.3 Å². The zero-order valence-electron chi connectivity index (χ0n) is 16.0. The summed E-state index contributed by atoms with van der Waals surface area (Å²) in [5.41, 5.74) is 3.92. The van der Waals surface area contributed by atoms with Gasteiger partial charge < -0.3 is 10.6 Å². The largest absolute Gasteiger partial charge is 0.357 e. The normalized spacial score (nSPS) is 12.2. The summed E-state index contributed by atoms with van der Waals surface area (Å²) >= 11 is 0. The van der Waals surface area contributed by atoms with E-state index in [-0.39, 0.29) is 24.0 Å². The summed E-state index contributed by atoms with van der Waals surface area (Å²) in [6.07, 6.45) is 6.85. The molecule has 2 N–H and O–H groups in total. The lowest BCUT2D eigenvalue weighted by atomic mass is 10.1. The van der Waals surface area contributed by atoms with Gasteiger partial charge in [-0.2, -0.15) is 0 Å². The number of pyridine rings is 1. The van der Waals surface area contributed by atoms with E-state index in [9.17, 15) is 0 Å². The first-order chi connectivity index (χ1) is 12.2. The van der Waals surface area contributed by atoms with Crippen LogP contribution in [0.5, 0.6) is 0 Å². The predicted molar refractivity (Wildman–Crippen MR) is 121 cm³/mol. The van der Waals surface area contributed by atoms with E-state index in [1.54, 1.807) is 0 Å². The number of aliphatic imine (C=N–C) groups is 1. The second-order valence-electron chi connectivity index (χ2n) is 6.38. The number of hydrogen-bond acceptors (Lipinski definition) is 2. The highest BCUT2D eigenvalue weighted by Crippen LogP contribution is 2.06. The van der Waals surface area contributed by atoms with Crippen molar-refractivity contribution in [1.29, 1.82) is 0 Å². The molecule has 0 saturated heterocycles. The summed E-state index contributed by atoms with van der Waals surface area (Å²) in [7, 11) is 0. The molecule has 2 aromatic rings. The lowest BCUT2D eigenvalue weighted by Gasteiger charge is -2.18. The minimum Gasteiger partial charge on any atom is -0.357 e. The molecule has 1 aromatic carbocycles. The Hall–Kier alpha value is -1.63. The van der Waals surface area contributed by atoms with Crippen LogP contribution in [0.15, 0.2) is 53.8 Å². The zero-order valence-corrected chi connectivity index (χ0v) is 18.4. The minimum atomic E-state index is 0. The van der Waals surface area contributed by atoms with Crippen LogP contribution in [0.2, 0.25) is 0 Å². The molecular weight excluding hydrogens is 435 g/mol. The summed E-state index contributed by atoms with van der Waals surface area (Å²) in [4.78, 5) is 8.86. The first-order valence-electron chi connectivity index (χ1n) is 9.17. The molecule has 1 aromatic heterocycles. The van der Waals surface area contributed by atoms with Crippen LogP contribution >= 0.6 is 24.0 Å². The van der Waals surface area contributed by atoms with Gasteiger partial charge in [0, 0.05) is 31.5 Å². The van der Waals surface area contributed by atoms with Gasteiger partial charge in [-0.25, -0.2) is 0 Å². The third-order valence-electron chi connectivity index (χ3n) is 4.22. The molecule has 1 unspecified atom stereocenters. The zero-order chi connectivity index (χ0) is 17.9. The number of nitrogens with zero attached hydrogens (tertiary/aromatic N) is 2. The predicted octanol–water partition coefficient (Wildman–Crippen LogP) is 4.13. The third-order valence-corrected chi connectivity index (χ3v) is 4.22. The molecule has 5 heteroatoms. The Labute approximate surface area is 174 Å². The maximum absolute atomic E-state index is 4.72. The van der Waals surface area contributed by atoms with E-state index in [2.05, 4.69) is 72.8 Å². The van der Waals surface area contributed by atoms with E-state index < -0.39 is 0 Å². The second kappa shape index (κ2) is 12.7. The number of hydrogen-bond donors (Lipinski definition) is 2. The molecule has 0 amide bonds. The Balaban J connectivity index is 0.00000338. The van der Waals surface area contributed by atoms with Gasteiger partial charge in [0.15, 0.2) is 5.96 Å². The van der Waals surface area contributed by atoms with Crippen molar-refractivity contribution in [2.45, 2.75) is 46.1 Å². The van der Waals surface area contributed by atoms with Gasteiger partial charge in [-0.3, -0.25) is 9.98 Å². The molecule has 0 fully saturated rings. The van der Waals surface area contributed by atoms with Crippen LogP contribution in [0.4, 0.5) is 0 Å². The SMILES string of the molecule is CCNC(=NCCc1ccncc1C)NC(C)CCc1ccccc1.I. The molecule has 1 heterocycles. The van der Waals surface area contributed by atoms with Crippen molar-refractivity contribution in [3.63, 3.8) is 0 Å². The van der Waals surface area contributed by atoms with Crippen molar-refractivity contribution in [2.24, 2.45) is 4.99 Å². The monoisotopic (exact) mass is 466 g/mol. The van der Waals surface area contributed by atoms with Gasteiger partial charge in [-0.15, -0.1) is 24.0 Å². The molecule has 0 aliphatic rings. The average molecular weight is 466 g/mol. The second-order valence-corrected chi connectivity index (χ2v) is 6.38. The van der Waals surface area contributed by atoms with Gasteiger partial charge in [0.05, 0.1) is 0 Å². The Morgan fingerprint density at radius 1 is 1.15 bits per heavy atom. The molecule has 2 rings (SSSR count). The number of nitrogens with one attached hydrogen (secondary N) is 2. The molecule has 1 atom stereocenters. The fourth-order valence-electron chi connectivity index (χ4n) is 2.72. The lowest BCUT2D eigenvalue weighted by molar-refractivity contribution is 0.593. The molecule has 4 nitrogen and oxygen atoms in total. The van der Waals surface area contributed by atoms with Crippen LogP contribution in [0.1, 0.15) is 37.0 Å². The topological polar surface area (TPSA) is 49.3 Å². The van der Waals surface area contributed by atoms with Crippen LogP contribution in [0.25, 0.3) is 0 Å². The number of benzene rings is 1. The Bertz CT molecular complexity index is 658. The van der Waals surface area contributed by atoms with Crippen molar-refractivity contribution < 1.29 is 0 Å². The summed E-state index contributed by atoms with van der Waals surface area (Å²) in [6.45, 7) is 8.04. The smallest absolute Gasteiger partial charge is 0.191 e. The average Bonchev–Trinajstić information content (AvgIpc) is 2.62. The maximum atomic E-state index is 4.72. The fraction of sp³-hybridized carbons (Fsp3) is 0.429. The number of halogens is 1. The molecular formula is C21H31IN4. The van der Waals surface area contributed by atoms with Crippen LogP contribution < -0.4 is 10.6 Å². The maximum Gasteiger partial charge on any atom is 0.191 e. The number of aryl methyl sites for hydroxylation is 2. The molecule has 142 valence electrons. The van der Waals surface area contributed by atoms with Crippen molar-refractivity contribution >= 4 is 29.9 Å². The number of aromatic nitrogens is 1. The first-order valence-corrected chi connectivity index (χ1v) is 9.17. The van der Waals surface area contributed by atoms with Crippen molar-refractivity contribution in [3.8, 4) is 0 Å². The molecule has 0 radical (unpaired) electrons. The summed E-state index contributed by atoms with van der Waals surface area (Å²) in [5, 5.41) is 6.85. The van der Waals surface area contributed by atoms with E-state index in [4.69, 9.17) is 4.99 Å². The fourth-order valence-corrected chi connectivity index (χ4v) is 2.72. The minimum absolute atomic E-state index is 0. The van der Waals surface area contributed by atoms with Gasteiger partial charge in [0.25, 0.3) is 0 Å². The van der Waals surface area contributed by atoms with Crippen molar-refractivity contribution in [1.82, 2.24) is 15.6 Å². The summed E-state index contributed by atoms with van der Waals surface area (Å²) in [5.74, 6) is 0.898. The van der Waals surface area contributed by atoms with E-state index in [0.29, 0.717) is 6.04 Å². The van der Waals surface area contributed by atoms with Crippen LogP contribution in [0.3, 0.4) is 0 Å². The van der Waals surface area contributed by atoms with Crippen LogP contribution in [0, 0.1) is 6.92 Å². The van der Waals surface area contributed by atoms with Gasteiger partial charge in [0.1, 0.15) is 0 Å². The van der Waals surface area contributed by atoms with Crippen LogP contribution in [-0.4, -0.2) is 30.1 Å². The molecule has 0 aliphatic heterocycles. The Morgan fingerprint density at radius 3 is 2.62 bits per heavy atom. The van der Waals surface area contributed by atoms with E-state index in [1.807, 2.05) is 12.4 Å². The number of guanidine groups is 1. The lowest BCUT2D eigenvalue weighted by Crippen LogP contribution is -2.42. The summed E-state index contributed by atoms with van der Waals surface area (Å²) in [6, 6.07) is 13.1. The van der Waals surface area contributed by atoms with Gasteiger partial charge in [-0.1, -0.05) is 30.3 Å². The first kappa shape index (κ1) is 22.4.